The lowest BCUT2D eigenvalue weighted by atomic mass is 9.55. The number of ether oxygens (including phenoxy) is 7. The van der Waals surface area contributed by atoms with Crippen LogP contribution in [0.25, 0.3) is 0 Å². The monoisotopic (exact) mass is 973 g/mol. The number of nitrogens with zero attached hydrogens (tertiary/aromatic N) is 3. The molecule has 2 N–H and O–H groups in total. The fourth-order valence-electron chi connectivity index (χ4n) is 10.9. The predicted octanol–water partition coefficient (Wildman–Crippen LogP) is 10.6. The average molecular weight is 974 g/mol. The van der Waals surface area contributed by atoms with Gasteiger partial charge in [0.1, 0.15) is 29.0 Å². The fraction of sp³-hybridized carbons (Fsp3) is 0.455. The molecule has 2 fully saturated rings. The molecule has 0 bridgehead atoms. The summed E-state index contributed by atoms with van der Waals surface area (Å²) in [6.45, 7) is 8.90. The molecule has 1 saturated heterocycles. The zero-order valence-corrected chi connectivity index (χ0v) is 40.4. The third kappa shape index (κ3) is 10.8. The number of aliphatic hydroxyl groups excluding tert-OH is 2. The van der Waals surface area contributed by atoms with Crippen molar-refractivity contribution in [2.24, 2.45) is 22.9 Å². The summed E-state index contributed by atoms with van der Waals surface area (Å²) in [5.41, 5.74) is 5.13. The molecule has 0 spiro atoms. The van der Waals surface area contributed by atoms with E-state index in [1.54, 1.807) is 17.0 Å². The number of amides is 1. The van der Waals surface area contributed by atoms with Gasteiger partial charge in [-0.25, -0.2) is 4.79 Å². The van der Waals surface area contributed by atoms with Crippen molar-refractivity contribution in [2.75, 3.05) is 33.2 Å². The first-order valence-electron chi connectivity index (χ1n) is 24.8. The van der Waals surface area contributed by atoms with E-state index in [1.165, 1.54) is 24.3 Å². The van der Waals surface area contributed by atoms with Gasteiger partial charge in [0.2, 0.25) is 18.9 Å². The number of non-ortho nitro benzene ring substituents is 1. The topological polar surface area (TPSA) is 190 Å². The Balaban J connectivity index is 1.24. The van der Waals surface area contributed by atoms with Gasteiger partial charge in [0.15, 0.2) is 11.5 Å². The Kier molecular flexibility index (Phi) is 15.6. The summed E-state index contributed by atoms with van der Waals surface area (Å²) >= 11 is 0. The van der Waals surface area contributed by atoms with E-state index in [0.29, 0.717) is 65.9 Å². The van der Waals surface area contributed by atoms with E-state index in [-0.39, 0.29) is 68.8 Å². The van der Waals surface area contributed by atoms with E-state index < -0.39 is 35.1 Å². The number of oxime groups is 1. The molecule has 0 aromatic heterocycles. The summed E-state index contributed by atoms with van der Waals surface area (Å²) in [5, 5.41) is 36.7. The third-order valence-electron chi connectivity index (χ3n) is 14.4. The maximum Gasteiger partial charge on any atom is 0.416 e. The number of aryl methyl sites for hydroxylation is 2. The zero-order chi connectivity index (χ0) is 49.5. The van der Waals surface area contributed by atoms with Crippen LogP contribution in [-0.4, -0.2) is 83.2 Å². The molecule has 1 unspecified atom stereocenters. The highest BCUT2D eigenvalue weighted by Crippen LogP contribution is 2.62. The van der Waals surface area contributed by atoms with Crippen LogP contribution in [0.5, 0.6) is 34.5 Å². The number of hydrogen-bond acceptors (Lipinski definition) is 14. The Bertz CT molecular complexity index is 2610. The van der Waals surface area contributed by atoms with Crippen molar-refractivity contribution >= 4 is 17.5 Å². The normalized spacial score (nSPS) is 24.5. The summed E-state index contributed by atoms with van der Waals surface area (Å²) in [6.07, 6.45) is 9.44. The minimum Gasteiger partial charge on any atom is -0.459 e. The van der Waals surface area contributed by atoms with Gasteiger partial charge in [0, 0.05) is 56.2 Å². The maximum absolute atomic E-state index is 15.3. The van der Waals surface area contributed by atoms with Crippen LogP contribution in [0.4, 0.5) is 10.5 Å². The number of fused-ring (bicyclic) bond motifs is 3. The van der Waals surface area contributed by atoms with Gasteiger partial charge in [0.05, 0.1) is 29.8 Å². The number of nitro benzene ring substituents is 1. The average Bonchev–Trinajstić information content (AvgIpc) is 3.85. The zero-order valence-electron chi connectivity index (χ0n) is 40.4. The van der Waals surface area contributed by atoms with Gasteiger partial charge < -0.3 is 48.2 Å². The Morgan fingerprint density at radius 1 is 0.901 bits per heavy atom. The van der Waals surface area contributed by atoms with Crippen LogP contribution in [0.2, 0.25) is 0 Å². The number of rotatable bonds is 20. The van der Waals surface area contributed by atoms with E-state index in [0.717, 1.165) is 60.8 Å². The molecule has 3 heterocycles. The Labute approximate surface area is 413 Å². The third-order valence-corrected chi connectivity index (χ3v) is 14.4. The van der Waals surface area contributed by atoms with E-state index in [1.807, 2.05) is 42.5 Å². The van der Waals surface area contributed by atoms with Gasteiger partial charge >= 0.3 is 6.09 Å². The summed E-state index contributed by atoms with van der Waals surface area (Å²) in [7, 11) is 0. The van der Waals surface area contributed by atoms with Gasteiger partial charge in [-0.15, -0.1) is 6.58 Å². The van der Waals surface area contributed by atoms with E-state index >= 15 is 4.79 Å². The first-order chi connectivity index (χ1) is 34.6. The van der Waals surface area contributed by atoms with E-state index in [9.17, 15) is 20.3 Å². The molecule has 2 aliphatic carbocycles. The second-order valence-corrected chi connectivity index (χ2v) is 19.0. The number of aliphatic hydroxyl groups is 2. The molecule has 4 aromatic rings. The summed E-state index contributed by atoms with van der Waals surface area (Å²) in [5.74, 6) is 0.421. The lowest BCUT2D eigenvalue weighted by Gasteiger charge is -2.59. The Morgan fingerprint density at radius 2 is 1.65 bits per heavy atom. The van der Waals surface area contributed by atoms with Crippen LogP contribution < -0.4 is 23.7 Å². The quantitative estimate of drug-likeness (QED) is 0.0369. The van der Waals surface area contributed by atoms with Gasteiger partial charge in [-0.2, -0.15) is 0 Å². The van der Waals surface area contributed by atoms with Crippen molar-refractivity contribution in [3.63, 3.8) is 0 Å². The van der Waals surface area contributed by atoms with Gasteiger partial charge in [0.25, 0.3) is 5.69 Å². The van der Waals surface area contributed by atoms with Crippen molar-refractivity contribution in [3.8, 4) is 34.5 Å². The predicted molar refractivity (Wildman–Crippen MR) is 263 cm³/mol. The number of benzene rings is 4. The number of carbonyl (C=O) groups is 1. The van der Waals surface area contributed by atoms with Crippen molar-refractivity contribution < 1.29 is 57.9 Å². The molecule has 5 aliphatic rings. The highest BCUT2D eigenvalue weighted by Gasteiger charge is 2.66. The molecule has 7 atom stereocenters. The molecule has 4 aromatic carbocycles. The molecule has 71 heavy (non-hydrogen) atoms. The second kappa shape index (κ2) is 22.3. The van der Waals surface area contributed by atoms with Crippen LogP contribution in [0.3, 0.4) is 0 Å². The number of allylic oxidation sites excluding steroid dienone is 1. The first kappa shape index (κ1) is 49.5. The number of nitro groups is 1. The van der Waals surface area contributed by atoms with Crippen molar-refractivity contribution in [3.05, 3.63) is 136 Å². The molecular formula is C55H63N3O13. The van der Waals surface area contributed by atoms with Crippen molar-refractivity contribution in [2.45, 2.75) is 109 Å². The lowest BCUT2D eigenvalue weighted by molar-refractivity contribution is -0.384. The molecule has 16 nitrogen and oxygen atoms in total. The molecule has 376 valence electrons. The van der Waals surface area contributed by atoms with Crippen molar-refractivity contribution in [1.82, 2.24) is 4.90 Å². The van der Waals surface area contributed by atoms with Gasteiger partial charge in [-0.3, -0.25) is 15.0 Å². The second-order valence-electron chi connectivity index (χ2n) is 19.0. The molecule has 3 aliphatic heterocycles. The number of unbranched alkanes of at least 4 members (excludes halogenated alkanes) is 2. The van der Waals surface area contributed by atoms with Crippen LogP contribution in [-0.2, 0) is 20.9 Å². The molecular weight excluding hydrogens is 911 g/mol. The molecule has 0 radical (unpaired) electrons. The fourth-order valence-corrected chi connectivity index (χ4v) is 10.9. The standard InChI is InChI=1S/C55H63N3O13/c1-4-26-67-55-50(57(33-37-15-22-48-49(29-37)66-34-65-48)54(61)69-40-19-16-39(17-20-40)58(62)63)32-46(56-71-51-13-7-10-27-64-51)44-30-38(11-5-8-24-59)43(12-6-9-25-60)52(53(44)55)45-31-42(21-23-47(45)70-55)68-41-18-14-35(2)36(3)28-41/h4,14-23,28-31,38,43,50-53,59-60H,1,5-13,24-27,32-34H2,2-3H3/t38-,43+,50-,51?,52+,53+,55+/m0/s1. The highest BCUT2D eigenvalue weighted by atomic mass is 16.8. The largest absolute Gasteiger partial charge is 0.459 e. The van der Waals surface area contributed by atoms with Crippen LogP contribution in [0, 0.1) is 41.7 Å². The minimum absolute atomic E-state index is 0.00612. The minimum atomic E-state index is -1.62. The summed E-state index contributed by atoms with van der Waals surface area (Å²) in [6, 6.07) is 21.7. The molecule has 9 rings (SSSR count). The number of hydrogen-bond donors (Lipinski definition) is 2. The first-order valence-corrected chi connectivity index (χ1v) is 24.8. The Morgan fingerprint density at radius 3 is 2.39 bits per heavy atom. The van der Waals surface area contributed by atoms with E-state index in [2.05, 4.69) is 32.6 Å². The van der Waals surface area contributed by atoms with Crippen LogP contribution in [0.1, 0.15) is 92.4 Å². The smallest absolute Gasteiger partial charge is 0.416 e. The van der Waals surface area contributed by atoms with Crippen LogP contribution >= 0.6 is 0 Å². The lowest BCUT2D eigenvalue weighted by Crippen LogP contribution is -2.70. The summed E-state index contributed by atoms with van der Waals surface area (Å²) < 4.78 is 44.9. The summed E-state index contributed by atoms with van der Waals surface area (Å²) in [4.78, 5) is 34.3. The van der Waals surface area contributed by atoms with Gasteiger partial charge in [-0.05, 0) is 141 Å². The van der Waals surface area contributed by atoms with Gasteiger partial charge in [-0.1, -0.05) is 42.3 Å². The highest BCUT2D eigenvalue weighted by molar-refractivity contribution is 6.03. The maximum atomic E-state index is 15.3. The van der Waals surface area contributed by atoms with Crippen molar-refractivity contribution in [1.29, 1.82) is 0 Å². The molecule has 1 saturated carbocycles. The molecule has 16 heteroatoms. The Hall–Kier alpha value is -6.46. The van der Waals surface area contributed by atoms with Crippen LogP contribution in [0.15, 0.2) is 108 Å². The molecule has 1 amide bonds. The number of carbonyl (C=O) groups excluding carboxylic acids is 1. The SMILES string of the molecule is C=CCO[C@@]12Oc3ccc(Oc4ccc(C)c(C)c4)cc3[C@H]3[C@H](CCCCO)[C@@H](CCCCO)C=C(C(=NOC4CCCCO4)C[C@@H]1N(Cc1ccc4c(c1)OCO4)C(=O)Oc1ccc([N+](=O)[O-])cc1)[C@H]32. The van der Waals surface area contributed by atoms with E-state index in [4.69, 9.17) is 43.2 Å².